The van der Waals surface area contributed by atoms with Crippen molar-refractivity contribution >= 4 is 28.7 Å². The Balaban J connectivity index is 1.19. The number of fused-ring (bicyclic) bond motifs is 1. The van der Waals surface area contributed by atoms with Crippen molar-refractivity contribution in [3.05, 3.63) is 52.4 Å². The zero-order valence-electron chi connectivity index (χ0n) is 24.9. The zero-order chi connectivity index (χ0) is 30.0. The highest BCUT2D eigenvalue weighted by Gasteiger charge is 2.15. The quantitative estimate of drug-likeness (QED) is 0.160. The molecule has 0 saturated carbocycles. The first kappa shape index (κ1) is 33.1. The second-order valence-electron chi connectivity index (χ2n) is 9.87. The van der Waals surface area contributed by atoms with Gasteiger partial charge in [-0.25, -0.2) is 9.59 Å². The molecule has 0 bridgehead atoms. The molecule has 0 aliphatic heterocycles. The highest BCUT2D eigenvalue weighted by Crippen LogP contribution is 2.22. The molecular formula is C31H45N3O8. The predicted molar refractivity (Wildman–Crippen MR) is 161 cm³/mol. The van der Waals surface area contributed by atoms with E-state index in [0.717, 1.165) is 38.0 Å². The van der Waals surface area contributed by atoms with Crippen LogP contribution in [0.3, 0.4) is 0 Å². The van der Waals surface area contributed by atoms with E-state index < -0.39 is 17.6 Å². The van der Waals surface area contributed by atoms with Gasteiger partial charge >= 0.3 is 11.7 Å². The largest absolute Gasteiger partial charge is 0.442 e. The summed E-state index contributed by atoms with van der Waals surface area (Å²) in [4.78, 5) is 39.0. The normalized spacial score (nSPS) is 15.1. The van der Waals surface area contributed by atoms with E-state index >= 15 is 0 Å². The summed E-state index contributed by atoms with van der Waals surface area (Å²) in [5, 5.41) is 6.07. The summed E-state index contributed by atoms with van der Waals surface area (Å²) in [5.41, 5.74) is 0.697. The van der Waals surface area contributed by atoms with Gasteiger partial charge in [0, 0.05) is 43.3 Å². The van der Waals surface area contributed by atoms with Gasteiger partial charge in [-0.05, 0) is 63.8 Å². The van der Waals surface area contributed by atoms with Gasteiger partial charge in [0.15, 0.2) is 0 Å². The van der Waals surface area contributed by atoms with Crippen LogP contribution in [0.15, 0.2) is 45.6 Å². The molecule has 0 spiro atoms. The third kappa shape index (κ3) is 11.5. The monoisotopic (exact) mass is 587 g/mol. The molecule has 11 nitrogen and oxygen atoms in total. The van der Waals surface area contributed by atoms with E-state index in [1.807, 2.05) is 24.3 Å². The second kappa shape index (κ2) is 18.9. The summed E-state index contributed by atoms with van der Waals surface area (Å²) in [7, 11) is 0. The fourth-order valence-electron chi connectivity index (χ4n) is 4.55. The maximum atomic E-state index is 12.5. The number of nitrogens with one attached hydrogen (secondary N) is 2. The molecule has 1 aromatic heterocycles. The Labute approximate surface area is 247 Å². The Morgan fingerprint density at radius 2 is 1.60 bits per heavy atom. The van der Waals surface area contributed by atoms with E-state index in [1.54, 1.807) is 6.07 Å². The molecule has 42 heavy (non-hydrogen) atoms. The van der Waals surface area contributed by atoms with E-state index in [2.05, 4.69) is 35.5 Å². The van der Waals surface area contributed by atoms with Gasteiger partial charge in [0.05, 0.1) is 39.6 Å². The van der Waals surface area contributed by atoms with Gasteiger partial charge in [0.25, 0.3) is 5.91 Å². The predicted octanol–water partition coefficient (Wildman–Crippen LogP) is 4.03. The minimum atomic E-state index is -0.675. The number of nitrogens with zero attached hydrogens (tertiary/aromatic N) is 1. The lowest BCUT2D eigenvalue weighted by molar-refractivity contribution is 0.0155. The Hall–Kier alpha value is -3.41. The number of anilines is 1. The van der Waals surface area contributed by atoms with Gasteiger partial charge in [-0.2, -0.15) is 0 Å². The van der Waals surface area contributed by atoms with E-state index in [0.29, 0.717) is 50.5 Å². The third-order valence-corrected chi connectivity index (χ3v) is 6.85. The maximum Gasteiger partial charge on any atom is 0.407 e. The number of ether oxygens (including phenoxy) is 4. The molecular weight excluding hydrogens is 542 g/mol. The van der Waals surface area contributed by atoms with Crippen molar-refractivity contribution in [2.24, 2.45) is 0 Å². The van der Waals surface area contributed by atoms with Gasteiger partial charge < -0.3 is 38.9 Å². The van der Waals surface area contributed by atoms with Crippen molar-refractivity contribution < 1.29 is 33.0 Å². The smallest absolute Gasteiger partial charge is 0.407 e. The number of amides is 2. The lowest BCUT2D eigenvalue weighted by atomic mass is 10.0. The van der Waals surface area contributed by atoms with E-state index in [1.165, 1.54) is 12.8 Å². The van der Waals surface area contributed by atoms with Gasteiger partial charge in [0.2, 0.25) is 0 Å². The second-order valence-corrected chi connectivity index (χ2v) is 9.87. The lowest BCUT2D eigenvalue weighted by Crippen LogP contribution is -2.31. The molecule has 232 valence electrons. The minimum Gasteiger partial charge on any atom is -0.442 e. The number of allylic oxidation sites excluding steroid dienone is 1. The molecule has 1 aliphatic rings. The summed E-state index contributed by atoms with van der Waals surface area (Å²) in [6.45, 7) is 8.56. The molecule has 11 heteroatoms. The Morgan fingerprint density at radius 3 is 2.31 bits per heavy atom. The number of hydrogen-bond donors (Lipinski definition) is 2. The molecule has 3 rings (SSSR count). The molecule has 1 atom stereocenters. The molecule has 2 aromatic rings. The summed E-state index contributed by atoms with van der Waals surface area (Å²) < 4.78 is 27.2. The van der Waals surface area contributed by atoms with Crippen LogP contribution in [-0.4, -0.2) is 83.9 Å². The van der Waals surface area contributed by atoms with E-state index in [4.69, 9.17) is 23.4 Å². The van der Waals surface area contributed by atoms with Crippen molar-refractivity contribution in [1.29, 1.82) is 0 Å². The van der Waals surface area contributed by atoms with Crippen LogP contribution in [0.5, 0.6) is 0 Å². The van der Waals surface area contributed by atoms with Crippen molar-refractivity contribution in [3.8, 4) is 0 Å². The third-order valence-electron chi connectivity index (χ3n) is 6.85. The average molecular weight is 588 g/mol. The number of hydrogen-bond acceptors (Lipinski definition) is 9. The van der Waals surface area contributed by atoms with Crippen LogP contribution in [0, 0.1) is 0 Å². The molecule has 1 aromatic carbocycles. The van der Waals surface area contributed by atoms with Crippen LogP contribution in [0.2, 0.25) is 0 Å². The van der Waals surface area contributed by atoms with E-state index in [9.17, 15) is 14.4 Å². The molecule has 0 fully saturated rings. The zero-order valence-corrected chi connectivity index (χ0v) is 24.9. The maximum absolute atomic E-state index is 12.5. The molecule has 2 N–H and O–H groups in total. The highest BCUT2D eigenvalue weighted by atomic mass is 16.6. The molecule has 1 heterocycles. The Morgan fingerprint density at radius 1 is 0.905 bits per heavy atom. The fraction of sp³-hybridized carbons (Fsp3) is 0.581. The number of alkyl carbamates (subject to hydrolysis) is 1. The first-order valence-corrected chi connectivity index (χ1v) is 15.0. The van der Waals surface area contributed by atoms with Crippen molar-refractivity contribution in [1.82, 2.24) is 10.6 Å². The summed E-state index contributed by atoms with van der Waals surface area (Å²) in [5.74, 6) is -0.505. The number of carbonyl (C=O) groups excluding carboxylic acids is 2. The molecule has 2 amide bonds. The summed E-state index contributed by atoms with van der Waals surface area (Å²) in [6.07, 6.45) is 8.79. The molecule has 0 saturated heterocycles. The van der Waals surface area contributed by atoms with Crippen molar-refractivity contribution in [2.45, 2.75) is 52.1 Å². The first-order chi connectivity index (χ1) is 20.5. The van der Waals surface area contributed by atoms with Gasteiger partial charge in [0.1, 0.15) is 17.3 Å². The Bertz CT molecular complexity index is 1190. The molecule has 1 aliphatic carbocycles. The van der Waals surface area contributed by atoms with Crippen LogP contribution < -0.4 is 21.2 Å². The van der Waals surface area contributed by atoms with Gasteiger partial charge in [-0.3, -0.25) is 4.79 Å². The van der Waals surface area contributed by atoms with Crippen LogP contribution in [0.1, 0.15) is 56.3 Å². The van der Waals surface area contributed by atoms with Gasteiger partial charge in [-0.1, -0.05) is 12.5 Å². The highest BCUT2D eigenvalue weighted by molar-refractivity contribution is 5.97. The molecule has 0 radical (unpaired) electrons. The SMILES string of the molecule is CCN(CC)c1ccc2cc(C(=O)NCCOCCOCCOCCNC(=O)OC3C=CCCCCC3)c(=O)oc2c1. The fourth-order valence-corrected chi connectivity index (χ4v) is 4.55. The topological polar surface area (TPSA) is 129 Å². The van der Waals surface area contributed by atoms with E-state index in [-0.39, 0.29) is 24.8 Å². The van der Waals surface area contributed by atoms with Crippen LogP contribution >= 0.6 is 0 Å². The number of benzene rings is 1. The van der Waals surface area contributed by atoms with Crippen molar-refractivity contribution in [3.63, 3.8) is 0 Å². The van der Waals surface area contributed by atoms with Crippen LogP contribution in [-0.2, 0) is 18.9 Å². The summed E-state index contributed by atoms with van der Waals surface area (Å²) >= 11 is 0. The Kier molecular flexibility index (Phi) is 14.9. The van der Waals surface area contributed by atoms with Crippen LogP contribution in [0.4, 0.5) is 10.5 Å². The number of carbonyl (C=O) groups is 2. The van der Waals surface area contributed by atoms with Crippen LogP contribution in [0.25, 0.3) is 11.0 Å². The minimum absolute atomic E-state index is 0.0410. The average Bonchev–Trinajstić information content (AvgIpc) is 2.97. The van der Waals surface area contributed by atoms with Gasteiger partial charge in [-0.15, -0.1) is 0 Å². The molecule has 1 unspecified atom stereocenters. The summed E-state index contributed by atoms with van der Waals surface area (Å²) in [6, 6.07) is 7.18. The lowest BCUT2D eigenvalue weighted by Gasteiger charge is -2.21. The first-order valence-electron chi connectivity index (χ1n) is 15.0. The van der Waals surface area contributed by atoms with Crippen molar-refractivity contribution in [2.75, 3.05) is 70.7 Å². The number of rotatable bonds is 17. The standard InChI is InChI=1S/C31H45N3O8/c1-3-34(4-2)25-13-12-24-22-27(30(36)42-28(24)23-25)29(35)32-14-16-38-18-20-40-21-19-39-17-15-33-31(37)41-26-10-8-6-5-7-9-11-26/h8,10,12-13,22-23,26H,3-7,9,11,14-21H2,1-2H3,(H,32,35)(H,33,37).